The third-order valence-corrected chi connectivity index (χ3v) is 5.85. The average Bonchev–Trinajstić information content (AvgIpc) is 3.31. The summed E-state index contributed by atoms with van der Waals surface area (Å²) in [4.78, 5) is 18.0. The highest BCUT2D eigenvalue weighted by Gasteiger charge is 2.23. The Labute approximate surface area is 171 Å². The molecule has 0 bridgehead atoms. The minimum Gasteiger partial charge on any atom is -0.484 e. The minimum absolute atomic E-state index is 0.332. The number of nitrogens with zero attached hydrogens (tertiary/aromatic N) is 2. The second-order valence-electron chi connectivity index (χ2n) is 6.15. The number of imidazole rings is 1. The van der Waals surface area contributed by atoms with Crippen molar-refractivity contribution in [2.45, 2.75) is 13.0 Å². The molecule has 0 N–H and O–H groups in total. The maximum atomic E-state index is 12.3. The fourth-order valence-corrected chi connectivity index (χ4v) is 4.30. The standard InChI is InChI=1S/C21H17ClN2O3S/c1-13(14-7-3-4-8-15(14)22)27-17-11-18(28-20(17)21(25)26-2)16-12-23-19-9-5-6-10-24(16)19/h3-13H,1-2H3. The summed E-state index contributed by atoms with van der Waals surface area (Å²) >= 11 is 7.60. The number of carbonyl (C=O) groups is 1. The van der Waals surface area contributed by atoms with Crippen molar-refractivity contribution in [3.63, 3.8) is 0 Å². The van der Waals surface area contributed by atoms with Crippen LogP contribution in [0.1, 0.15) is 28.3 Å². The van der Waals surface area contributed by atoms with Gasteiger partial charge in [0, 0.05) is 22.8 Å². The number of benzene rings is 1. The molecule has 0 aliphatic rings. The van der Waals surface area contributed by atoms with Gasteiger partial charge in [-0.15, -0.1) is 11.3 Å². The smallest absolute Gasteiger partial charge is 0.351 e. The van der Waals surface area contributed by atoms with E-state index in [1.807, 2.05) is 66.1 Å². The molecule has 5 nitrogen and oxygen atoms in total. The van der Waals surface area contributed by atoms with Crippen LogP contribution in [0.3, 0.4) is 0 Å². The summed E-state index contributed by atoms with van der Waals surface area (Å²) in [6.07, 6.45) is 3.38. The van der Waals surface area contributed by atoms with Crippen molar-refractivity contribution in [2.75, 3.05) is 7.11 Å². The van der Waals surface area contributed by atoms with E-state index in [2.05, 4.69) is 4.98 Å². The fourth-order valence-electron chi connectivity index (χ4n) is 3.00. The van der Waals surface area contributed by atoms with Crippen molar-refractivity contribution in [3.8, 4) is 16.3 Å². The summed E-state index contributed by atoms with van der Waals surface area (Å²) < 4.78 is 13.0. The van der Waals surface area contributed by atoms with Crippen LogP contribution in [0.4, 0.5) is 0 Å². The normalized spacial score (nSPS) is 12.1. The van der Waals surface area contributed by atoms with Crippen molar-refractivity contribution < 1.29 is 14.3 Å². The second-order valence-corrected chi connectivity index (χ2v) is 7.61. The number of aromatic nitrogens is 2. The number of hydrogen-bond donors (Lipinski definition) is 0. The molecular weight excluding hydrogens is 396 g/mol. The number of ether oxygens (including phenoxy) is 2. The molecule has 4 rings (SSSR count). The first kappa shape index (κ1) is 18.5. The van der Waals surface area contributed by atoms with E-state index in [1.54, 1.807) is 6.20 Å². The molecule has 4 aromatic rings. The third kappa shape index (κ3) is 3.37. The van der Waals surface area contributed by atoms with Gasteiger partial charge < -0.3 is 9.47 Å². The quantitative estimate of drug-likeness (QED) is 0.398. The van der Waals surface area contributed by atoms with Crippen molar-refractivity contribution in [3.05, 3.63) is 76.4 Å². The van der Waals surface area contributed by atoms with E-state index in [9.17, 15) is 4.79 Å². The Morgan fingerprint density at radius 1 is 1.21 bits per heavy atom. The number of hydrogen-bond acceptors (Lipinski definition) is 5. The number of carbonyl (C=O) groups excluding carboxylic acids is 1. The highest BCUT2D eigenvalue weighted by Crippen LogP contribution is 2.39. The summed E-state index contributed by atoms with van der Waals surface area (Å²) in [5.41, 5.74) is 2.56. The van der Waals surface area contributed by atoms with E-state index in [0.29, 0.717) is 15.6 Å². The van der Waals surface area contributed by atoms with Gasteiger partial charge in [-0.1, -0.05) is 35.9 Å². The second kappa shape index (κ2) is 7.66. The molecule has 1 aromatic carbocycles. The van der Waals surface area contributed by atoms with Gasteiger partial charge in [-0.25, -0.2) is 9.78 Å². The number of thiophene rings is 1. The van der Waals surface area contributed by atoms with Crippen LogP contribution < -0.4 is 4.74 Å². The highest BCUT2D eigenvalue weighted by molar-refractivity contribution is 7.17. The van der Waals surface area contributed by atoms with Gasteiger partial charge in [-0.05, 0) is 25.1 Å². The molecule has 28 heavy (non-hydrogen) atoms. The maximum Gasteiger partial charge on any atom is 0.351 e. The van der Waals surface area contributed by atoms with Crippen LogP contribution in [0.25, 0.3) is 16.2 Å². The number of fused-ring (bicyclic) bond motifs is 1. The molecule has 0 saturated carbocycles. The Balaban J connectivity index is 1.74. The molecule has 3 heterocycles. The Kier molecular flexibility index (Phi) is 5.07. The van der Waals surface area contributed by atoms with Gasteiger partial charge in [0.05, 0.1) is 23.9 Å². The summed E-state index contributed by atoms with van der Waals surface area (Å²) in [7, 11) is 1.36. The van der Waals surface area contributed by atoms with Gasteiger partial charge in [0.1, 0.15) is 17.5 Å². The lowest BCUT2D eigenvalue weighted by Gasteiger charge is -2.16. The van der Waals surface area contributed by atoms with Crippen LogP contribution in [0, 0.1) is 0 Å². The zero-order valence-electron chi connectivity index (χ0n) is 15.3. The molecule has 1 atom stereocenters. The van der Waals surface area contributed by atoms with Crippen LogP contribution >= 0.6 is 22.9 Å². The van der Waals surface area contributed by atoms with Crippen LogP contribution in [0.2, 0.25) is 5.02 Å². The van der Waals surface area contributed by atoms with E-state index in [1.165, 1.54) is 18.4 Å². The summed E-state index contributed by atoms with van der Waals surface area (Å²) in [5, 5.41) is 0.617. The summed E-state index contributed by atoms with van der Waals surface area (Å²) in [6.45, 7) is 1.90. The average molecular weight is 413 g/mol. The van der Waals surface area contributed by atoms with E-state index in [-0.39, 0.29) is 6.10 Å². The Bertz CT molecular complexity index is 1150. The largest absolute Gasteiger partial charge is 0.484 e. The van der Waals surface area contributed by atoms with Gasteiger partial charge in [0.15, 0.2) is 4.88 Å². The zero-order valence-corrected chi connectivity index (χ0v) is 16.8. The molecular formula is C21H17ClN2O3S. The topological polar surface area (TPSA) is 52.8 Å². The number of esters is 1. The predicted molar refractivity (Wildman–Crippen MR) is 110 cm³/mol. The van der Waals surface area contributed by atoms with Crippen molar-refractivity contribution in [1.29, 1.82) is 0 Å². The Morgan fingerprint density at radius 2 is 2.00 bits per heavy atom. The lowest BCUT2D eigenvalue weighted by atomic mass is 10.1. The van der Waals surface area contributed by atoms with Crippen LogP contribution in [-0.2, 0) is 4.74 Å². The predicted octanol–water partition coefficient (Wildman–Crippen LogP) is 5.64. The lowest BCUT2D eigenvalue weighted by Crippen LogP contribution is -2.07. The summed E-state index contributed by atoms with van der Waals surface area (Å²) in [5.74, 6) is 0.0246. The first-order valence-electron chi connectivity index (χ1n) is 8.64. The molecule has 0 saturated heterocycles. The first-order chi connectivity index (χ1) is 13.6. The molecule has 0 spiro atoms. The number of methoxy groups -OCH3 is 1. The Morgan fingerprint density at radius 3 is 2.79 bits per heavy atom. The van der Waals surface area contributed by atoms with Crippen molar-refractivity contribution in [1.82, 2.24) is 9.38 Å². The van der Waals surface area contributed by atoms with E-state index in [0.717, 1.165) is 21.8 Å². The zero-order chi connectivity index (χ0) is 19.7. The molecule has 0 amide bonds. The highest BCUT2D eigenvalue weighted by atomic mass is 35.5. The molecule has 142 valence electrons. The van der Waals surface area contributed by atoms with Crippen molar-refractivity contribution >= 4 is 34.6 Å². The molecule has 0 aliphatic heterocycles. The molecule has 7 heteroatoms. The van der Waals surface area contributed by atoms with Gasteiger partial charge >= 0.3 is 5.97 Å². The number of rotatable bonds is 5. The minimum atomic E-state index is -0.438. The van der Waals surface area contributed by atoms with Crippen LogP contribution in [0.5, 0.6) is 5.75 Å². The van der Waals surface area contributed by atoms with E-state index >= 15 is 0 Å². The number of halogens is 1. The van der Waals surface area contributed by atoms with E-state index in [4.69, 9.17) is 21.1 Å². The van der Waals surface area contributed by atoms with Gasteiger partial charge in [-0.2, -0.15) is 0 Å². The van der Waals surface area contributed by atoms with Crippen molar-refractivity contribution in [2.24, 2.45) is 0 Å². The van der Waals surface area contributed by atoms with Crippen LogP contribution in [0.15, 0.2) is 60.9 Å². The van der Waals surface area contributed by atoms with Gasteiger partial charge in [0.25, 0.3) is 0 Å². The molecule has 3 aromatic heterocycles. The monoisotopic (exact) mass is 412 g/mol. The maximum absolute atomic E-state index is 12.3. The van der Waals surface area contributed by atoms with Gasteiger partial charge in [0.2, 0.25) is 0 Å². The molecule has 1 unspecified atom stereocenters. The number of pyridine rings is 1. The first-order valence-corrected chi connectivity index (χ1v) is 9.83. The van der Waals surface area contributed by atoms with Crippen LogP contribution in [-0.4, -0.2) is 22.5 Å². The third-order valence-electron chi connectivity index (χ3n) is 4.39. The molecule has 0 fully saturated rings. The van der Waals surface area contributed by atoms with E-state index < -0.39 is 5.97 Å². The molecule has 0 radical (unpaired) electrons. The summed E-state index contributed by atoms with van der Waals surface area (Å²) in [6, 6.07) is 15.1. The van der Waals surface area contributed by atoms with Gasteiger partial charge in [-0.3, -0.25) is 4.40 Å². The SMILES string of the molecule is COC(=O)c1sc(-c2cnc3ccccn23)cc1OC(C)c1ccccc1Cl. The Hall–Kier alpha value is -2.83. The fraction of sp³-hybridized carbons (Fsp3) is 0.143. The lowest BCUT2D eigenvalue weighted by molar-refractivity contribution is 0.0600. The molecule has 0 aliphatic carbocycles.